The van der Waals surface area contributed by atoms with E-state index in [9.17, 15) is 0 Å². The fourth-order valence-corrected chi connectivity index (χ4v) is 7.18. The number of rotatable bonds is 10. The molecule has 0 saturated heterocycles. The van der Waals surface area contributed by atoms with Crippen LogP contribution in [-0.4, -0.2) is 57.7 Å². The van der Waals surface area contributed by atoms with Crippen LogP contribution in [0.4, 0.5) is 0 Å². The predicted molar refractivity (Wildman–Crippen MR) is 193 cm³/mol. The average Bonchev–Trinajstić information content (AvgIpc) is 3.58. The molecule has 252 valence electrons. The number of fused-ring (bicyclic) bond motifs is 2. The van der Waals surface area contributed by atoms with Crippen molar-refractivity contribution in [3.63, 3.8) is 0 Å². The maximum atomic E-state index is 6.18. The Morgan fingerprint density at radius 2 is 1.08 bits per heavy atom. The van der Waals surface area contributed by atoms with Crippen molar-refractivity contribution in [1.82, 2.24) is 29.3 Å². The second kappa shape index (κ2) is 14.9. The molecule has 12 nitrogen and oxygen atoms in total. The molecule has 14 heteroatoms. The normalized spacial score (nSPS) is 11.0. The van der Waals surface area contributed by atoms with Gasteiger partial charge in [-0.1, -0.05) is 23.5 Å². The van der Waals surface area contributed by atoms with Crippen LogP contribution in [0.1, 0.15) is 33.6 Å². The quantitative estimate of drug-likeness (QED) is 0.126. The SMILES string of the molecule is COc1ccc2c(c1)nc(SCc1ncc(C)c(OC)c1C)n2N.COc1ccc2nc(SCc3ncc(C)c(OC)c3C)n(N)c2c1. The zero-order valence-corrected chi connectivity index (χ0v) is 30.0. The minimum Gasteiger partial charge on any atom is -0.497 e. The highest BCUT2D eigenvalue weighted by atomic mass is 32.2. The van der Waals surface area contributed by atoms with Gasteiger partial charge in [-0.2, -0.15) is 0 Å². The van der Waals surface area contributed by atoms with Crippen molar-refractivity contribution in [1.29, 1.82) is 0 Å². The van der Waals surface area contributed by atoms with Crippen LogP contribution in [0.15, 0.2) is 59.1 Å². The summed E-state index contributed by atoms with van der Waals surface area (Å²) < 4.78 is 24.6. The second-order valence-electron chi connectivity index (χ2n) is 10.9. The number of benzene rings is 2. The van der Waals surface area contributed by atoms with Crippen molar-refractivity contribution in [3.8, 4) is 23.0 Å². The van der Waals surface area contributed by atoms with Gasteiger partial charge in [0.15, 0.2) is 10.3 Å². The molecule has 0 atom stereocenters. The highest BCUT2D eigenvalue weighted by Gasteiger charge is 2.15. The molecule has 6 rings (SSSR count). The van der Waals surface area contributed by atoms with Gasteiger partial charge < -0.3 is 30.6 Å². The smallest absolute Gasteiger partial charge is 0.188 e. The lowest BCUT2D eigenvalue weighted by atomic mass is 10.1. The summed E-state index contributed by atoms with van der Waals surface area (Å²) in [4.78, 5) is 18.2. The van der Waals surface area contributed by atoms with Crippen LogP contribution in [0.25, 0.3) is 22.1 Å². The van der Waals surface area contributed by atoms with Crippen LogP contribution in [0.3, 0.4) is 0 Å². The summed E-state index contributed by atoms with van der Waals surface area (Å²) in [6.07, 6.45) is 3.66. The number of thioether (sulfide) groups is 2. The molecule has 4 aromatic heterocycles. The Morgan fingerprint density at radius 3 is 1.60 bits per heavy atom. The van der Waals surface area contributed by atoms with Gasteiger partial charge >= 0.3 is 0 Å². The molecular formula is C34H40N8O4S2. The number of aromatic nitrogens is 6. The maximum Gasteiger partial charge on any atom is 0.188 e. The van der Waals surface area contributed by atoms with Gasteiger partial charge in [0.1, 0.15) is 23.0 Å². The van der Waals surface area contributed by atoms with E-state index in [1.165, 1.54) is 0 Å². The minimum absolute atomic E-state index is 0.667. The summed E-state index contributed by atoms with van der Waals surface area (Å²) in [5.41, 5.74) is 9.44. The summed E-state index contributed by atoms with van der Waals surface area (Å²) in [6, 6.07) is 11.3. The molecule has 6 aromatic rings. The van der Waals surface area contributed by atoms with Gasteiger partial charge in [-0.15, -0.1) is 0 Å². The Kier molecular flexibility index (Phi) is 10.7. The van der Waals surface area contributed by atoms with E-state index >= 15 is 0 Å². The zero-order valence-electron chi connectivity index (χ0n) is 28.3. The van der Waals surface area contributed by atoms with Gasteiger partial charge in [-0.25, -0.2) is 19.3 Å². The summed E-state index contributed by atoms with van der Waals surface area (Å²) in [6.45, 7) is 8.01. The van der Waals surface area contributed by atoms with Crippen LogP contribution in [-0.2, 0) is 11.5 Å². The fraction of sp³-hybridized carbons (Fsp3) is 0.294. The van der Waals surface area contributed by atoms with E-state index in [2.05, 4.69) is 19.9 Å². The molecule has 0 aliphatic heterocycles. The molecule has 0 saturated carbocycles. The van der Waals surface area contributed by atoms with E-state index in [0.717, 1.165) is 89.0 Å². The Labute approximate surface area is 288 Å². The lowest BCUT2D eigenvalue weighted by Crippen LogP contribution is -2.09. The third-order valence-electron chi connectivity index (χ3n) is 7.90. The van der Waals surface area contributed by atoms with Crippen molar-refractivity contribution in [2.24, 2.45) is 0 Å². The number of aryl methyl sites for hydroxylation is 2. The summed E-state index contributed by atoms with van der Waals surface area (Å²) >= 11 is 3.09. The molecular weight excluding hydrogens is 649 g/mol. The third-order valence-corrected chi connectivity index (χ3v) is 9.83. The number of nitrogens with two attached hydrogens (primary N) is 2. The first-order valence-corrected chi connectivity index (χ1v) is 16.9. The van der Waals surface area contributed by atoms with E-state index in [-0.39, 0.29) is 0 Å². The third kappa shape index (κ3) is 7.04. The number of hydrogen-bond donors (Lipinski definition) is 2. The van der Waals surface area contributed by atoms with E-state index in [1.54, 1.807) is 61.3 Å². The molecule has 0 bridgehead atoms. The number of hydrogen-bond acceptors (Lipinski definition) is 12. The lowest BCUT2D eigenvalue weighted by molar-refractivity contribution is 0.407. The van der Waals surface area contributed by atoms with E-state index in [0.29, 0.717) is 11.5 Å². The molecule has 48 heavy (non-hydrogen) atoms. The lowest BCUT2D eigenvalue weighted by Gasteiger charge is -2.11. The van der Waals surface area contributed by atoms with Crippen LogP contribution < -0.4 is 30.6 Å². The van der Waals surface area contributed by atoms with Gasteiger partial charge in [0, 0.05) is 58.3 Å². The van der Waals surface area contributed by atoms with Crippen molar-refractivity contribution >= 4 is 45.6 Å². The number of nitrogens with zero attached hydrogens (tertiary/aromatic N) is 6. The number of nitrogen functional groups attached to an aromatic ring is 2. The van der Waals surface area contributed by atoms with E-state index in [1.807, 2.05) is 76.5 Å². The van der Waals surface area contributed by atoms with Gasteiger partial charge in [0.05, 0.1) is 61.9 Å². The first kappa shape index (κ1) is 34.5. The molecule has 0 radical (unpaired) electrons. The highest BCUT2D eigenvalue weighted by molar-refractivity contribution is 7.98. The van der Waals surface area contributed by atoms with Crippen molar-refractivity contribution in [2.75, 3.05) is 40.1 Å². The van der Waals surface area contributed by atoms with Gasteiger partial charge in [-0.05, 0) is 52.0 Å². The van der Waals surface area contributed by atoms with Crippen molar-refractivity contribution in [3.05, 3.63) is 82.4 Å². The molecule has 0 fully saturated rings. The standard InChI is InChI=1S/2C17H20N4O2S/c1-10-8-19-14(11(2)16(10)23-4)9-24-17-20-13-7-12(22-3)5-6-15(13)21(17)18;1-10-8-19-14(11(2)16(10)23-4)9-24-17-20-13-6-5-12(22-3)7-15(13)21(17)18/h2*5-8H,9,18H2,1-4H3. The topological polar surface area (TPSA) is 150 Å². The number of ether oxygens (including phenoxy) is 4. The predicted octanol–water partition coefficient (Wildman–Crippen LogP) is 6.14. The number of pyridine rings is 2. The van der Waals surface area contributed by atoms with E-state index in [4.69, 9.17) is 30.6 Å². The summed E-state index contributed by atoms with van der Waals surface area (Å²) in [5.74, 6) is 17.0. The number of methoxy groups -OCH3 is 4. The maximum absolute atomic E-state index is 6.18. The first-order chi connectivity index (χ1) is 23.1. The Morgan fingerprint density at radius 1 is 0.604 bits per heavy atom. The Balaban J connectivity index is 0.000000188. The van der Waals surface area contributed by atoms with E-state index < -0.39 is 0 Å². The molecule has 0 spiro atoms. The molecule has 4 N–H and O–H groups in total. The van der Waals surface area contributed by atoms with Crippen LogP contribution in [0.5, 0.6) is 23.0 Å². The van der Waals surface area contributed by atoms with Crippen LogP contribution >= 0.6 is 23.5 Å². The van der Waals surface area contributed by atoms with Crippen molar-refractivity contribution in [2.45, 2.75) is 49.5 Å². The first-order valence-electron chi connectivity index (χ1n) is 15.0. The molecule has 2 aromatic carbocycles. The zero-order chi connectivity index (χ0) is 34.5. The number of imidazole rings is 2. The largest absolute Gasteiger partial charge is 0.497 e. The Hall–Kier alpha value is -4.82. The molecule has 4 heterocycles. The summed E-state index contributed by atoms with van der Waals surface area (Å²) in [7, 11) is 6.63. The molecule has 0 aliphatic carbocycles. The average molecular weight is 689 g/mol. The van der Waals surface area contributed by atoms with Crippen LogP contribution in [0.2, 0.25) is 0 Å². The summed E-state index contributed by atoms with van der Waals surface area (Å²) in [5, 5.41) is 1.47. The Bertz CT molecular complexity index is 2020. The minimum atomic E-state index is 0.667. The second-order valence-corrected chi connectivity index (χ2v) is 12.8. The molecule has 0 amide bonds. The fourth-order valence-electron chi connectivity index (χ4n) is 5.26. The van der Waals surface area contributed by atoms with Gasteiger partial charge in [-0.3, -0.25) is 9.97 Å². The highest BCUT2D eigenvalue weighted by Crippen LogP contribution is 2.32. The monoisotopic (exact) mass is 688 g/mol. The van der Waals surface area contributed by atoms with Crippen LogP contribution in [0, 0.1) is 27.7 Å². The van der Waals surface area contributed by atoms with Crippen molar-refractivity contribution < 1.29 is 18.9 Å². The molecule has 0 aliphatic rings. The molecule has 0 unspecified atom stereocenters. The van der Waals surface area contributed by atoms with Gasteiger partial charge in [0.2, 0.25) is 0 Å². The van der Waals surface area contributed by atoms with Gasteiger partial charge in [0.25, 0.3) is 0 Å².